The molecule has 6 rings (SSSR count). The maximum Gasteiger partial charge on any atom is 0.326 e. The normalized spacial score (nSPS) is 23.3. The number of carbonyl (C=O) groups is 6. The summed E-state index contributed by atoms with van der Waals surface area (Å²) in [5, 5.41) is 32.7. The van der Waals surface area contributed by atoms with Gasteiger partial charge in [-0.25, -0.2) is 4.79 Å². The molecule has 14 nitrogen and oxygen atoms in total. The van der Waals surface area contributed by atoms with Crippen LogP contribution in [-0.4, -0.2) is 94.0 Å². The largest absolute Gasteiger partial charge is 0.508 e. The van der Waals surface area contributed by atoms with Gasteiger partial charge in [-0.15, -0.1) is 0 Å². The molecule has 9 N–H and O–H groups in total. The average molecular weight is 765 g/mol. The molecule has 0 unspecified atom stereocenters. The van der Waals surface area contributed by atoms with Gasteiger partial charge in [-0.1, -0.05) is 42.5 Å². The molecule has 5 amide bonds. The van der Waals surface area contributed by atoms with Crippen LogP contribution in [0, 0.1) is 17.8 Å². The second kappa shape index (κ2) is 18.6. The van der Waals surface area contributed by atoms with Gasteiger partial charge < -0.3 is 42.5 Å². The van der Waals surface area contributed by atoms with Crippen molar-refractivity contribution < 1.29 is 39.0 Å². The van der Waals surface area contributed by atoms with Gasteiger partial charge in [-0.05, 0) is 104 Å². The lowest BCUT2D eigenvalue weighted by atomic mass is 9.53. The Kier molecular flexibility index (Phi) is 14.0. The third kappa shape index (κ3) is 11.4. The van der Waals surface area contributed by atoms with E-state index in [1.165, 1.54) is 43.2 Å². The van der Waals surface area contributed by atoms with E-state index in [2.05, 4.69) is 26.6 Å². The van der Waals surface area contributed by atoms with Gasteiger partial charge in [0.1, 0.15) is 23.9 Å². The molecule has 2 aromatic rings. The summed E-state index contributed by atoms with van der Waals surface area (Å²) >= 11 is 1.44. The molecule has 54 heavy (non-hydrogen) atoms. The van der Waals surface area contributed by atoms with Crippen molar-refractivity contribution in [3.63, 3.8) is 0 Å². The highest BCUT2D eigenvalue weighted by molar-refractivity contribution is 7.98. The zero-order chi connectivity index (χ0) is 38.8. The van der Waals surface area contributed by atoms with Crippen LogP contribution in [0.5, 0.6) is 5.75 Å². The van der Waals surface area contributed by atoms with Gasteiger partial charge in [0, 0.05) is 12.0 Å². The van der Waals surface area contributed by atoms with Crippen molar-refractivity contribution in [1.82, 2.24) is 26.6 Å². The summed E-state index contributed by atoms with van der Waals surface area (Å²) in [5.74, 6) is -2.19. The predicted octanol–water partition coefficient (Wildman–Crippen LogP) is 1.39. The molecule has 0 aromatic heterocycles. The smallest absolute Gasteiger partial charge is 0.326 e. The standard InChI is InChI=1S/C39H52N6O8S/c1-54-12-11-30(38(52)53)43-37(51)31(17-23-5-3-2-4-6-23)42-34(48)22-41-36(50)32(44-35(49)29(40)16-24-7-9-28(46)10-8-24)18-33(47)45-39-19-25-13-26(20-39)15-27(14-25)21-39/h2-10,25-27,29-32,46H,11-22,40H2,1H3,(H,41,50)(H,42,48)(H,43,51)(H,44,49)(H,45,47)(H,52,53)/t25?,26?,27?,29-,30-,31-,32-,39?/m0/s1. The number of carboxylic acid groups (broad SMARTS) is 1. The molecular formula is C39H52N6O8S. The first-order valence-electron chi connectivity index (χ1n) is 18.6. The molecule has 15 heteroatoms. The van der Waals surface area contributed by atoms with Gasteiger partial charge in [0.15, 0.2) is 0 Å². The first kappa shape index (κ1) is 40.6. The fourth-order valence-electron chi connectivity index (χ4n) is 8.62. The summed E-state index contributed by atoms with van der Waals surface area (Å²) in [5.41, 5.74) is 7.28. The minimum Gasteiger partial charge on any atom is -0.508 e. The second-order valence-electron chi connectivity index (χ2n) is 15.2. The fraction of sp³-hybridized carbons (Fsp3) is 0.538. The Morgan fingerprint density at radius 1 is 0.759 bits per heavy atom. The van der Waals surface area contributed by atoms with E-state index < -0.39 is 60.3 Å². The molecule has 0 radical (unpaired) electrons. The molecule has 4 aliphatic carbocycles. The molecule has 0 heterocycles. The van der Waals surface area contributed by atoms with E-state index in [0.29, 0.717) is 29.1 Å². The van der Waals surface area contributed by atoms with Gasteiger partial charge in [-0.2, -0.15) is 11.8 Å². The Hall–Kier alpha value is -4.63. The maximum atomic E-state index is 13.6. The lowest BCUT2D eigenvalue weighted by Gasteiger charge is -2.57. The highest BCUT2D eigenvalue weighted by atomic mass is 32.2. The Morgan fingerprint density at radius 3 is 1.94 bits per heavy atom. The molecule has 4 fully saturated rings. The number of hydrogen-bond acceptors (Lipinski definition) is 9. The van der Waals surface area contributed by atoms with Crippen LogP contribution in [-0.2, 0) is 41.6 Å². The first-order valence-corrected chi connectivity index (χ1v) is 20.0. The lowest BCUT2D eigenvalue weighted by molar-refractivity contribution is -0.142. The van der Waals surface area contributed by atoms with Crippen molar-refractivity contribution in [3.05, 3.63) is 65.7 Å². The summed E-state index contributed by atoms with van der Waals surface area (Å²) in [7, 11) is 0. The van der Waals surface area contributed by atoms with Crippen LogP contribution in [0.3, 0.4) is 0 Å². The minimum absolute atomic E-state index is 0.0589. The van der Waals surface area contributed by atoms with Crippen molar-refractivity contribution in [2.24, 2.45) is 23.5 Å². The minimum atomic E-state index is -1.36. The van der Waals surface area contributed by atoms with E-state index in [0.717, 1.165) is 24.8 Å². The molecule has 2 aromatic carbocycles. The highest BCUT2D eigenvalue weighted by Gasteiger charge is 2.51. The quantitative estimate of drug-likeness (QED) is 0.103. The molecular weight excluding hydrogens is 713 g/mol. The van der Waals surface area contributed by atoms with E-state index in [1.807, 2.05) is 6.26 Å². The summed E-state index contributed by atoms with van der Waals surface area (Å²) in [6.07, 6.45) is 8.04. The monoisotopic (exact) mass is 764 g/mol. The molecule has 4 atom stereocenters. The van der Waals surface area contributed by atoms with Crippen molar-refractivity contribution in [3.8, 4) is 5.75 Å². The van der Waals surface area contributed by atoms with Crippen LogP contribution in [0.2, 0.25) is 0 Å². The third-order valence-electron chi connectivity index (χ3n) is 10.8. The van der Waals surface area contributed by atoms with Crippen molar-refractivity contribution >= 4 is 47.3 Å². The Morgan fingerprint density at radius 2 is 1.35 bits per heavy atom. The van der Waals surface area contributed by atoms with E-state index >= 15 is 0 Å². The molecule has 4 bridgehead atoms. The van der Waals surface area contributed by atoms with Crippen LogP contribution in [0.25, 0.3) is 0 Å². The third-order valence-corrected chi connectivity index (χ3v) is 11.4. The number of amides is 5. The van der Waals surface area contributed by atoms with Crippen molar-refractivity contribution in [2.75, 3.05) is 18.6 Å². The Labute approximate surface area is 319 Å². The van der Waals surface area contributed by atoms with Crippen LogP contribution in [0.4, 0.5) is 0 Å². The van der Waals surface area contributed by atoms with E-state index in [-0.39, 0.29) is 42.9 Å². The highest BCUT2D eigenvalue weighted by Crippen LogP contribution is 2.55. The Balaban J connectivity index is 1.24. The molecule has 0 spiro atoms. The number of phenols is 1. The number of nitrogens with one attached hydrogen (secondary N) is 5. The predicted molar refractivity (Wildman–Crippen MR) is 203 cm³/mol. The fourth-order valence-corrected chi connectivity index (χ4v) is 9.09. The maximum absolute atomic E-state index is 13.6. The van der Waals surface area contributed by atoms with Gasteiger partial charge in [0.25, 0.3) is 0 Å². The number of benzene rings is 2. The number of carbonyl (C=O) groups excluding carboxylic acids is 5. The summed E-state index contributed by atoms with van der Waals surface area (Å²) in [4.78, 5) is 78.9. The van der Waals surface area contributed by atoms with Crippen molar-refractivity contribution in [1.29, 1.82) is 0 Å². The topological polar surface area (TPSA) is 229 Å². The molecule has 0 aliphatic heterocycles. The number of thioether (sulfide) groups is 1. The molecule has 0 saturated heterocycles. The number of hydrogen-bond donors (Lipinski definition) is 8. The number of rotatable bonds is 19. The summed E-state index contributed by atoms with van der Waals surface area (Å²) in [6.45, 7) is -0.589. The van der Waals surface area contributed by atoms with E-state index in [1.54, 1.807) is 42.5 Å². The molecule has 4 aliphatic rings. The first-order chi connectivity index (χ1) is 25.8. The van der Waals surface area contributed by atoms with Gasteiger partial charge >= 0.3 is 5.97 Å². The van der Waals surface area contributed by atoms with Crippen LogP contribution < -0.4 is 32.3 Å². The van der Waals surface area contributed by atoms with Crippen LogP contribution >= 0.6 is 11.8 Å². The SMILES string of the molecule is CSCC[C@H](NC(=O)[C@H](Cc1ccccc1)NC(=O)CNC(=O)[C@H](CC(=O)NC12CC3CC(CC(C3)C1)C2)NC(=O)[C@@H](N)Cc1ccc(O)cc1)C(=O)O. The number of phenolic OH excluding ortho intramolecular Hbond substituents is 1. The zero-order valence-electron chi connectivity index (χ0n) is 30.6. The van der Waals surface area contributed by atoms with Gasteiger partial charge in [0.2, 0.25) is 29.5 Å². The van der Waals surface area contributed by atoms with E-state index in [4.69, 9.17) is 5.73 Å². The van der Waals surface area contributed by atoms with Crippen LogP contribution in [0.15, 0.2) is 54.6 Å². The van der Waals surface area contributed by atoms with Crippen LogP contribution in [0.1, 0.15) is 62.5 Å². The number of carboxylic acids is 1. The van der Waals surface area contributed by atoms with Crippen molar-refractivity contribution in [2.45, 2.75) is 93.9 Å². The average Bonchev–Trinajstić information content (AvgIpc) is 3.12. The number of aliphatic carboxylic acids is 1. The molecule has 4 saturated carbocycles. The second-order valence-corrected chi connectivity index (χ2v) is 16.2. The number of nitrogens with two attached hydrogens (primary N) is 1. The summed E-state index contributed by atoms with van der Waals surface area (Å²) in [6, 6.07) is 10.3. The molecule has 292 valence electrons. The van der Waals surface area contributed by atoms with Gasteiger partial charge in [0.05, 0.1) is 19.0 Å². The lowest BCUT2D eigenvalue weighted by Crippen LogP contribution is -2.61. The van der Waals surface area contributed by atoms with E-state index in [9.17, 15) is 39.0 Å². The Bertz CT molecular complexity index is 1620. The summed E-state index contributed by atoms with van der Waals surface area (Å²) < 4.78 is 0. The zero-order valence-corrected chi connectivity index (χ0v) is 31.4. The van der Waals surface area contributed by atoms with Gasteiger partial charge in [-0.3, -0.25) is 24.0 Å². The number of aromatic hydroxyl groups is 1.